The average Bonchev–Trinajstić information content (AvgIpc) is 2.46. The zero-order valence-corrected chi connectivity index (χ0v) is 14.2. The lowest BCUT2D eigenvalue weighted by molar-refractivity contribution is 0.0600. The van der Waals surface area contributed by atoms with Crippen LogP contribution in [0.25, 0.3) is 0 Å². The van der Waals surface area contributed by atoms with Crippen LogP contribution in [0.2, 0.25) is 0 Å². The summed E-state index contributed by atoms with van der Waals surface area (Å²) in [6, 6.07) is 3.57. The van der Waals surface area contributed by atoms with Gasteiger partial charge in [-0.15, -0.1) is 0 Å². The molecule has 1 aromatic carbocycles. The maximum absolute atomic E-state index is 12.8. The van der Waals surface area contributed by atoms with E-state index in [0.717, 1.165) is 25.4 Å². The van der Waals surface area contributed by atoms with Crippen molar-refractivity contribution in [1.82, 2.24) is 4.98 Å². The third kappa shape index (κ3) is 4.35. The van der Waals surface area contributed by atoms with Gasteiger partial charge in [0.05, 0.1) is 17.1 Å². The summed E-state index contributed by atoms with van der Waals surface area (Å²) in [4.78, 5) is 13.0. The molecule has 2 aromatic rings. The first kappa shape index (κ1) is 18.5. The van der Waals surface area contributed by atoms with E-state index in [0.29, 0.717) is 0 Å². The number of hydrogen-bond acceptors (Lipinski definition) is 4. The third-order valence-corrected chi connectivity index (χ3v) is 4.41. The Balaban J connectivity index is 2.35. The fraction of sp³-hybridized carbons (Fsp3) is 0.0769. The Morgan fingerprint density at radius 2 is 1.83 bits per heavy atom. The van der Waals surface area contributed by atoms with E-state index in [1.54, 1.807) is 0 Å². The summed E-state index contributed by atoms with van der Waals surface area (Å²) in [5, 5.41) is 0. The van der Waals surface area contributed by atoms with Crippen molar-refractivity contribution >= 4 is 32.1 Å². The van der Waals surface area contributed by atoms with E-state index in [2.05, 4.69) is 25.7 Å². The van der Waals surface area contributed by atoms with Crippen molar-refractivity contribution in [1.29, 1.82) is 0 Å². The van der Waals surface area contributed by atoms with E-state index in [9.17, 15) is 24.2 Å². The number of aromatic nitrogens is 1. The molecule has 4 nitrogen and oxygen atoms in total. The van der Waals surface area contributed by atoms with Gasteiger partial charge >= 0.3 is 16.2 Å². The number of pyridine rings is 1. The van der Waals surface area contributed by atoms with Gasteiger partial charge in [-0.05, 0) is 34.1 Å². The Morgan fingerprint density at radius 1 is 1.17 bits per heavy atom. The van der Waals surface area contributed by atoms with E-state index in [1.807, 2.05) is 0 Å². The normalized spacial score (nSPS) is 14.5. The van der Waals surface area contributed by atoms with E-state index < -0.39 is 26.8 Å². The zero-order chi connectivity index (χ0) is 18.2. The predicted octanol–water partition coefficient (Wildman–Crippen LogP) is 6.08. The highest BCUT2D eigenvalue weighted by Gasteiger charge is 2.65. The van der Waals surface area contributed by atoms with Crippen molar-refractivity contribution in [2.45, 2.75) is 4.90 Å². The molecule has 0 aliphatic carbocycles. The molecular formula is C13H9BrF5NO3S. The minimum absolute atomic E-state index is 0.0671. The van der Waals surface area contributed by atoms with Gasteiger partial charge in [-0.3, -0.25) is 0 Å². The number of carbonyl (C=O) groups excluding carboxylic acids is 1. The molecule has 0 N–H and O–H groups in total. The highest BCUT2D eigenvalue weighted by molar-refractivity contribution is 9.10. The molecule has 0 radical (unpaired) electrons. The first-order valence-electron chi connectivity index (χ1n) is 6.06. The molecule has 1 heterocycles. The van der Waals surface area contributed by atoms with Crippen LogP contribution in [0.1, 0.15) is 10.4 Å². The summed E-state index contributed by atoms with van der Waals surface area (Å²) < 4.78 is 73.7. The Labute approximate surface area is 141 Å². The standard InChI is InChI=1S/C13H9BrF5NO3S/c1-22-13(21)8-5-11(14)12(20-7-8)23-9-3-2-4-10(6-9)24(15,16,17,18)19/h2-7H,1H3. The van der Waals surface area contributed by atoms with E-state index in [-0.39, 0.29) is 28.0 Å². The number of carbonyl (C=O) groups is 1. The molecule has 0 fully saturated rings. The van der Waals surface area contributed by atoms with Crippen LogP contribution in [0.5, 0.6) is 11.6 Å². The number of nitrogens with zero attached hydrogens (tertiary/aromatic N) is 1. The maximum Gasteiger partial charge on any atom is 0.339 e. The number of halogens is 6. The van der Waals surface area contributed by atoms with Crippen LogP contribution < -0.4 is 4.74 Å². The average molecular weight is 434 g/mol. The van der Waals surface area contributed by atoms with Gasteiger partial charge in [-0.25, -0.2) is 9.78 Å². The molecule has 132 valence electrons. The number of benzene rings is 1. The third-order valence-electron chi connectivity index (χ3n) is 2.69. The molecule has 0 saturated carbocycles. The Kier molecular flexibility index (Phi) is 4.09. The molecule has 0 amide bonds. The van der Waals surface area contributed by atoms with Gasteiger partial charge in [0.15, 0.2) is 0 Å². The summed E-state index contributed by atoms with van der Waals surface area (Å²) in [5.41, 5.74) is 0.0671. The van der Waals surface area contributed by atoms with Crippen molar-refractivity contribution < 1.29 is 33.7 Å². The molecule has 0 spiro atoms. The highest BCUT2D eigenvalue weighted by atomic mass is 79.9. The SMILES string of the molecule is COC(=O)c1cnc(Oc2cccc(S(F)(F)(F)(F)F)c2)c(Br)c1. The Bertz CT molecular complexity index is 813. The van der Waals surface area contributed by atoms with Crippen LogP contribution in [0, 0.1) is 0 Å². The number of rotatable bonds is 4. The predicted molar refractivity (Wildman–Crippen MR) is 81.2 cm³/mol. The molecular weight excluding hydrogens is 425 g/mol. The lowest BCUT2D eigenvalue weighted by Crippen LogP contribution is -2.06. The molecule has 0 saturated heterocycles. The molecule has 11 heteroatoms. The first-order valence-corrected chi connectivity index (χ1v) is 8.80. The molecule has 0 aliphatic rings. The van der Waals surface area contributed by atoms with Gasteiger partial charge in [-0.1, -0.05) is 25.5 Å². The summed E-state index contributed by atoms with van der Waals surface area (Å²) in [6.07, 6.45) is 1.07. The zero-order valence-electron chi connectivity index (χ0n) is 11.8. The van der Waals surface area contributed by atoms with Crippen LogP contribution in [-0.2, 0) is 4.74 Å². The van der Waals surface area contributed by atoms with Crippen molar-refractivity contribution in [3.8, 4) is 11.6 Å². The second-order valence-corrected chi connectivity index (χ2v) is 7.81. The van der Waals surface area contributed by atoms with Gasteiger partial charge in [0.2, 0.25) is 5.88 Å². The lowest BCUT2D eigenvalue weighted by Gasteiger charge is -2.40. The quantitative estimate of drug-likeness (QED) is 0.432. The molecule has 0 unspecified atom stereocenters. The summed E-state index contributed by atoms with van der Waals surface area (Å²) in [6.45, 7) is 0. The summed E-state index contributed by atoms with van der Waals surface area (Å²) in [5.74, 6) is -1.38. The fourth-order valence-corrected chi connectivity index (χ4v) is 2.72. The lowest BCUT2D eigenvalue weighted by atomic mass is 10.3. The second-order valence-electron chi connectivity index (χ2n) is 4.55. The molecule has 0 atom stereocenters. The monoisotopic (exact) mass is 433 g/mol. The van der Waals surface area contributed by atoms with Gasteiger partial charge in [-0.2, -0.15) is 0 Å². The topological polar surface area (TPSA) is 48.4 Å². The summed E-state index contributed by atoms with van der Waals surface area (Å²) >= 11 is 3.02. The van der Waals surface area contributed by atoms with Crippen LogP contribution >= 0.6 is 26.2 Å². The van der Waals surface area contributed by atoms with Gasteiger partial charge in [0.25, 0.3) is 0 Å². The largest absolute Gasteiger partial charge is 0.465 e. The van der Waals surface area contributed by atoms with E-state index >= 15 is 0 Å². The van der Waals surface area contributed by atoms with Crippen LogP contribution in [0.3, 0.4) is 0 Å². The van der Waals surface area contributed by atoms with Gasteiger partial charge in [0.1, 0.15) is 10.6 Å². The van der Waals surface area contributed by atoms with E-state index in [1.165, 1.54) is 6.07 Å². The Hall–Kier alpha value is -1.88. The summed E-state index contributed by atoms with van der Waals surface area (Å²) in [7, 11) is -8.65. The van der Waals surface area contributed by atoms with Crippen LogP contribution in [0.15, 0.2) is 45.9 Å². The van der Waals surface area contributed by atoms with Crippen LogP contribution in [0.4, 0.5) is 19.4 Å². The molecule has 1 aromatic heterocycles. The number of hydrogen-bond donors (Lipinski definition) is 0. The van der Waals surface area contributed by atoms with Crippen LogP contribution in [-0.4, -0.2) is 18.1 Å². The molecule has 2 rings (SSSR count). The number of esters is 1. The highest BCUT2D eigenvalue weighted by Crippen LogP contribution is 3.02. The van der Waals surface area contributed by atoms with Gasteiger partial charge in [0, 0.05) is 12.3 Å². The van der Waals surface area contributed by atoms with Crippen molar-refractivity contribution in [2.75, 3.05) is 7.11 Å². The van der Waals surface area contributed by atoms with Crippen molar-refractivity contribution in [3.05, 3.63) is 46.6 Å². The molecule has 0 aliphatic heterocycles. The Morgan fingerprint density at radius 3 is 2.38 bits per heavy atom. The van der Waals surface area contributed by atoms with Crippen molar-refractivity contribution in [2.24, 2.45) is 0 Å². The molecule has 24 heavy (non-hydrogen) atoms. The number of methoxy groups -OCH3 is 1. The minimum Gasteiger partial charge on any atom is -0.465 e. The van der Waals surface area contributed by atoms with E-state index in [4.69, 9.17) is 4.74 Å². The van der Waals surface area contributed by atoms with Crippen molar-refractivity contribution in [3.63, 3.8) is 0 Å². The first-order chi connectivity index (χ1) is 10.8. The smallest absolute Gasteiger partial charge is 0.339 e. The maximum atomic E-state index is 12.8. The molecule has 0 bridgehead atoms. The number of ether oxygens (including phenoxy) is 2. The fourth-order valence-electron chi connectivity index (χ4n) is 1.62. The minimum atomic E-state index is -9.81. The second kappa shape index (κ2) is 5.31. The van der Waals surface area contributed by atoms with Gasteiger partial charge < -0.3 is 9.47 Å².